The van der Waals surface area contributed by atoms with Gasteiger partial charge in [-0.05, 0) is 44.4 Å². The first-order valence-electron chi connectivity index (χ1n) is 7.70. The van der Waals surface area contributed by atoms with Crippen LogP contribution in [0.5, 0.6) is 0 Å². The van der Waals surface area contributed by atoms with Crippen LogP contribution in [0.1, 0.15) is 57.6 Å². The van der Waals surface area contributed by atoms with E-state index in [1.807, 2.05) is 24.5 Å². The zero-order chi connectivity index (χ0) is 15.2. The monoisotopic (exact) mass is 285 g/mol. The highest BCUT2D eigenvalue weighted by Crippen LogP contribution is 2.18. The second-order valence-electron chi connectivity index (χ2n) is 5.96. The van der Waals surface area contributed by atoms with Gasteiger partial charge in [0.2, 0.25) is 0 Å². The number of rotatable bonds is 4. The molecule has 21 heavy (non-hydrogen) atoms. The second kappa shape index (κ2) is 7.12. The minimum atomic E-state index is -0.248. The topological polar surface area (TPSA) is 57.8 Å². The Morgan fingerprint density at radius 1 is 1.43 bits per heavy atom. The quantitative estimate of drug-likeness (QED) is 0.680. The zero-order valence-corrected chi connectivity index (χ0v) is 12.8. The van der Waals surface area contributed by atoms with Gasteiger partial charge in [-0.1, -0.05) is 19.3 Å². The van der Waals surface area contributed by atoms with Crippen LogP contribution in [0.3, 0.4) is 0 Å². The van der Waals surface area contributed by atoms with Gasteiger partial charge in [0.05, 0.1) is 0 Å². The number of carbonyl (C=O) groups excluding carboxylic acids is 1. The summed E-state index contributed by atoms with van der Waals surface area (Å²) in [5, 5.41) is 12.2. The van der Waals surface area contributed by atoms with E-state index in [1.54, 1.807) is 6.08 Å². The summed E-state index contributed by atoms with van der Waals surface area (Å²) in [6, 6.07) is 4.53. The first-order valence-corrected chi connectivity index (χ1v) is 7.70. The minimum Gasteiger partial charge on any atom is -0.351 e. The molecule has 1 heterocycles. The van der Waals surface area contributed by atoms with E-state index in [0.29, 0.717) is 6.04 Å². The van der Waals surface area contributed by atoms with Crippen molar-refractivity contribution >= 4 is 12.0 Å². The van der Waals surface area contributed by atoms with Crippen LogP contribution < -0.4 is 5.32 Å². The molecule has 1 aliphatic carbocycles. The van der Waals surface area contributed by atoms with Crippen LogP contribution in [-0.4, -0.2) is 16.5 Å². The van der Waals surface area contributed by atoms with Crippen LogP contribution >= 0.6 is 0 Å². The number of nitrogens with one attached hydrogen (secondary N) is 1. The molecule has 1 aromatic rings. The van der Waals surface area contributed by atoms with Crippen LogP contribution in [-0.2, 0) is 4.79 Å². The number of nitrogens with zero attached hydrogens (tertiary/aromatic N) is 2. The minimum absolute atomic E-state index is 0.182. The molecule has 0 atom stereocenters. The molecule has 0 radical (unpaired) electrons. The molecular weight excluding hydrogens is 262 g/mol. The molecule has 2 rings (SSSR count). The molecule has 0 saturated heterocycles. The number of carbonyl (C=O) groups is 1. The van der Waals surface area contributed by atoms with Crippen molar-refractivity contribution in [2.75, 3.05) is 0 Å². The largest absolute Gasteiger partial charge is 0.351 e. The van der Waals surface area contributed by atoms with E-state index in [1.165, 1.54) is 6.42 Å². The normalized spacial score (nSPS) is 16.8. The predicted octanol–water partition coefficient (Wildman–Crippen LogP) is 3.42. The van der Waals surface area contributed by atoms with Gasteiger partial charge in [-0.3, -0.25) is 4.79 Å². The van der Waals surface area contributed by atoms with Crippen molar-refractivity contribution in [3.63, 3.8) is 0 Å². The number of amides is 1. The maximum absolute atomic E-state index is 12.2. The van der Waals surface area contributed by atoms with Crippen molar-refractivity contribution in [3.05, 3.63) is 29.6 Å². The Balaban J connectivity index is 2.05. The number of hydrogen-bond acceptors (Lipinski definition) is 2. The summed E-state index contributed by atoms with van der Waals surface area (Å²) < 4.78 is 2.06. The molecule has 1 amide bonds. The third-order valence-electron chi connectivity index (χ3n) is 3.95. The highest BCUT2D eigenvalue weighted by molar-refractivity contribution is 6.01. The van der Waals surface area contributed by atoms with Gasteiger partial charge in [-0.15, -0.1) is 0 Å². The van der Waals surface area contributed by atoms with E-state index >= 15 is 0 Å². The summed E-state index contributed by atoms with van der Waals surface area (Å²) >= 11 is 0. The number of aromatic nitrogens is 1. The lowest BCUT2D eigenvalue weighted by molar-refractivity contribution is -0.117. The maximum atomic E-state index is 12.2. The molecular formula is C17H23N3O. The molecule has 1 N–H and O–H groups in total. The molecule has 1 fully saturated rings. The van der Waals surface area contributed by atoms with Crippen LogP contribution in [0, 0.1) is 11.3 Å². The Kier molecular flexibility index (Phi) is 5.21. The molecule has 0 unspecified atom stereocenters. The van der Waals surface area contributed by atoms with Gasteiger partial charge in [-0.25, -0.2) is 0 Å². The molecule has 112 valence electrons. The van der Waals surface area contributed by atoms with Crippen molar-refractivity contribution in [3.8, 4) is 6.07 Å². The molecule has 0 aliphatic heterocycles. The molecule has 4 nitrogen and oxygen atoms in total. The highest BCUT2D eigenvalue weighted by atomic mass is 16.1. The number of hydrogen-bond donors (Lipinski definition) is 1. The standard InChI is InChI=1S/C17H23N3O/c1-13(2)20-9-8-14(12-20)10-15(11-18)17(21)19-16-6-4-3-5-7-16/h8-10,12-13,16H,3-7H2,1-2H3,(H,19,21)/b15-10+. The fourth-order valence-corrected chi connectivity index (χ4v) is 2.66. The smallest absolute Gasteiger partial charge is 0.262 e. The Bertz CT molecular complexity index is 557. The molecule has 0 aromatic carbocycles. The summed E-state index contributed by atoms with van der Waals surface area (Å²) in [5.74, 6) is -0.248. The average Bonchev–Trinajstić information content (AvgIpc) is 2.94. The van der Waals surface area contributed by atoms with E-state index in [4.69, 9.17) is 0 Å². The SMILES string of the molecule is CC(C)n1ccc(/C=C(\C#N)C(=O)NC2CCCCC2)c1. The molecule has 0 spiro atoms. The van der Waals surface area contributed by atoms with Crippen LogP contribution in [0.25, 0.3) is 6.08 Å². The van der Waals surface area contributed by atoms with E-state index in [0.717, 1.165) is 31.2 Å². The Morgan fingerprint density at radius 2 is 2.14 bits per heavy atom. The van der Waals surface area contributed by atoms with Crippen molar-refractivity contribution in [2.24, 2.45) is 0 Å². The third kappa shape index (κ3) is 4.22. The van der Waals surface area contributed by atoms with Crippen LogP contribution in [0.4, 0.5) is 0 Å². The summed E-state index contributed by atoms with van der Waals surface area (Å²) in [6.07, 6.45) is 11.2. The van der Waals surface area contributed by atoms with Gasteiger partial charge in [0.1, 0.15) is 11.6 Å². The lowest BCUT2D eigenvalue weighted by atomic mass is 9.95. The van der Waals surface area contributed by atoms with E-state index in [2.05, 4.69) is 23.7 Å². The summed E-state index contributed by atoms with van der Waals surface area (Å²) in [5.41, 5.74) is 1.07. The maximum Gasteiger partial charge on any atom is 0.262 e. The first-order chi connectivity index (χ1) is 10.1. The van der Waals surface area contributed by atoms with Crippen molar-refractivity contribution in [1.82, 2.24) is 9.88 Å². The summed E-state index contributed by atoms with van der Waals surface area (Å²) in [4.78, 5) is 12.2. The summed E-state index contributed by atoms with van der Waals surface area (Å²) in [7, 11) is 0. The number of nitriles is 1. The van der Waals surface area contributed by atoms with Gasteiger partial charge < -0.3 is 9.88 Å². The van der Waals surface area contributed by atoms with E-state index < -0.39 is 0 Å². The van der Waals surface area contributed by atoms with Gasteiger partial charge in [0, 0.05) is 24.5 Å². The average molecular weight is 285 g/mol. The Hall–Kier alpha value is -2.02. The Labute approximate surface area is 126 Å². The van der Waals surface area contributed by atoms with Crippen molar-refractivity contribution < 1.29 is 4.79 Å². The second-order valence-corrected chi connectivity index (χ2v) is 5.96. The fourth-order valence-electron chi connectivity index (χ4n) is 2.66. The molecule has 1 saturated carbocycles. The lowest BCUT2D eigenvalue weighted by Gasteiger charge is -2.22. The summed E-state index contributed by atoms with van der Waals surface area (Å²) in [6.45, 7) is 4.18. The van der Waals surface area contributed by atoms with Gasteiger partial charge in [-0.2, -0.15) is 5.26 Å². The first kappa shape index (κ1) is 15.4. The predicted molar refractivity (Wildman–Crippen MR) is 83.4 cm³/mol. The lowest BCUT2D eigenvalue weighted by Crippen LogP contribution is -2.36. The molecule has 4 heteroatoms. The van der Waals surface area contributed by atoms with Crippen molar-refractivity contribution in [2.45, 2.75) is 58.0 Å². The van der Waals surface area contributed by atoms with Gasteiger partial charge >= 0.3 is 0 Å². The Morgan fingerprint density at radius 3 is 2.71 bits per heavy atom. The fraction of sp³-hybridized carbons (Fsp3) is 0.529. The van der Waals surface area contributed by atoms with Crippen LogP contribution in [0.2, 0.25) is 0 Å². The van der Waals surface area contributed by atoms with Crippen LogP contribution in [0.15, 0.2) is 24.0 Å². The van der Waals surface area contributed by atoms with Gasteiger partial charge in [0.25, 0.3) is 5.91 Å². The highest BCUT2D eigenvalue weighted by Gasteiger charge is 2.18. The van der Waals surface area contributed by atoms with Crippen molar-refractivity contribution in [1.29, 1.82) is 5.26 Å². The molecule has 1 aromatic heterocycles. The molecule has 1 aliphatic rings. The van der Waals surface area contributed by atoms with Gasteiger partial charge in [0.15, 0.2) is 0 Å². The van der Waals surface area contributed by atoms with E-state index in [9.17, 15) is 10.1 Å². The molecule has 0 bridgehead atoms. The van der Waals surface area contributed by atoms with E-state index in [-0.39, 0.29) is 17.5 Å². The third-order valence-corrected chi connectivity index (χ3v) is 3.95. The zero-order valence-electron chi connectivity index (χ0n) is 12.8.